The molecule has 0 saturated heterocycles. The van der Waals surface area contributed by atoms with Crippen LogP contribution >= 0.6 is 0 Å². The third-order valence-corrected chi connectivity index (χ3v) is 0.577. The van der Waals surface area contributed by atoms with Gasteiger partial charge < -0.3 is 9.78 Å². The predicted octanol–water partition coefficient (Wildman–Crippen LogP) is 1.71. The standard InChI is InChI=1S/C5H11.Mg.Ti.2H/c1-4-5(2)3;;;;/h5H,1,4H2,2-3H3;;;;/q-1;+2;;2*-1. The number of hydrogen-bond donors (Lipinski definition) is 0. The second kappa shape index (κ2) is 10.5. The van der Waals surface area contributed by atoms with E-state index in [1.54, 1.807) is 0 Å². The Bertz CT molecular complexity index is 28.9. The van der Waals surface area contributed by atoms with Gasteiger partial charge in [0.2, 0.25) is 0 Å². The first-order chi connectivity index (χ1) is 2.27. The van der Waals surface area contributed by atoms with Crippen molar-refractivity contribution < 1.29 is 24.6 Å². The van der Waals surface area contributed by atoms with E-state index < -0.39 is 0 Å². The summed E-state index contributed by atoms with van der Waals surface area (Å²) in [6.07, 6.45) is 1.06. The third kappa shape index (κ3) is 18.5. The van der Waals surface area contributed by atoms with Gasteiger partial charge in [0, 0.05) is 21.7 Å². The van der Waals surface area contributed by atoms with Gasteiger partial charge in [-0.25, -0.2) is 0 Å². The third-order valence-electron chi connectivity index (χ3n) is 0.577. The molecule has 0 aromatic carbocycles. The molecule has 0 atom stereocenters. The summed E-state index contributed by atoms with van der Waals surface area (Å²) in [5, 5.41) is 0. The molecule has 0 aliphatic rings. The fourth-order valence-electron chi connectivity index (χ4n) is 0. The van der Waals surface area contributed by atoms with Crippen LogP contribution in [0.5, 0.6) is 0 Å². The average molecular weight is 145 g/mol. The molecular weight excluding hydrogens is 132 g/mol. The maximum atomic E-state index is 3.69. The molecular formula is C5H13MgTi-. The van der Waals surface area contributed by atoms with Crippen molar-refractivity contribution in [3.8, 4) is 0 Å². The van der Waals surface area contributed by atoms with Gasteiger partial charge in [0.25, 0.3) is 0 Å². The average Bonchev–Trinajstić information content (AvgIpc) is 1.38. The maximum Gasteiger partial charge on any atom is 2.00 e. The normalized spacial score (nSPS) is 6.86. The molecule has 0 unspecified atom stereocenters. The molecule has 2 heteroatoms. The van der Waals surface area contributed by atoms with Gasteiger partial charge in [-0.05, 0) is 0 Å². The second-order valence-corrected chi connectivity index (χ2v) is 1.68. The number of rotatable bonds is 1. The van der Waals surface area contributed by atoms with E-state index in [0.29, 0.717) is 0 Å². The zero-order valence-electron chi connectivity index (χ0n) is 7.20. The van der Waals surface area contributed by atoms with E-state index in [1.165, 1.54) is 0 Å². The molecule has 0 nitrogen and oxygen atoms in total. The Labute approximate surface area is 80.4 Å². The van der Waals surface area contributed by atoms with E-state index in [4.69, 9.17) is 0 Å². The Morgan fingerprint density at radius 2 is 1.71 bits per heavy atom. The molecule has 0 saturated carbocycles. The Hall–Kier alpha value is 1.48. The van der Waals surface area contributed by atoms with E-state index >= 15 is 0 Å². The summed E-state index contributed by atoms with van der Waals surface area (Å²) in [5.74, 6) is 0.773. The largest absolute Gasteiger partial charge is 2.00 e. The summed E-state index contributed by atoms with van der Waals surface area (Å²) in [7, 11) is 0. The molecule has 0 bridgehead atoms. The van der Waals surface area contributed by atoms with Crippen LogP contribution in [0.3, 0.4) is 0 Å². The van der Waals surface area contributed by atoms with Crippen LogP contribution in [-0.2, 0) is 21.7 Å². The molecule has 0 aromatic rings. The Morgan fingerprint density at radius 1 is 1.57 bits per heavy atom. The van der Waals surface area contributed by atoms with Crippen molar-refractivity contribution in [1.82, 2.24) is 0 Å². The molecule has 0 radical (unpaired) electrons. The van der Waals surface area contributed by atoms with E-state index in [0.717, 1.165) is 12.3 Å². The summed E-state index contributed by atoms with van der Waals surface area (Å²) in [4.78, 5) is 0. The first-order valence-electron chi connectivity index (χ1n) is 2.06. The van der Waals surface area contributed by atoms with Crippen LogP contribution < -0.4 is 0 Å². The number of hydrogen-bond acceptors (Lipinski definition) is 0. The van der Waals surface area contributed by atoms with Crippen LogP contribution in [-0.4, -0.2) is 23.1 Å². The van der Waals surface area contributed by atoms with Gasteiger partial charge in [-0.15, -0.1) is 0 Å². The monoisotopic (exact) mass is 145 g/mol. The van der Waals surface area contributed by atoms with Crippen LogP contribution in [0.4, 0.5) is 0 Å². The van der Waals surface area contributed by atoms with Gasteiger partial charge in [-0.3, -0.25) is 0 Å². The molecule has 0 N–H and O–H groups in total. The Kier molecular flexibility index (Phi) is 23.6. The molecule has 0 amide bonds. The molecule has 0 aromatic heterocycles. The molecule has 0 rings (SSSR count). The zero-order valence-corrected chi connectivity index (χ0v) is 8.17. The van der Waals surface area contributed by atoms with Crippen molar-refractivity contribution in [1.29, 1.82) is 0 Å². The molecule has 7 heavy (non-hydrogen) atoms. The van der Waals surface area contributed by atoms with E-state index in [2.05, 4.69) is 20.8 Å². The fraction of sp³-hybridized carbons (Fsp3) is 0.800. The van der Waals surface area contributed by atoms with Crippen molar-refractivity contribution in [2.24, 2.45) is 5.92 Å². The van der Waals surface area contributed by atoms with Crippen molar-refractivity contribution in [3.05, 3.63) is 6.92 Å². The van der Waals surface area contributed by atoms with Crippen molar-refractivity contribution in [2.45, 2.75) is 20.3 Å². The SMILES string of the molecule is [CH2-]CC(C)C.[H-].[H-].[Mg+2].[Ti]. The summed E-state index contributed by atoms with van der Waals surface area (Å²) >= 11 is 0. The predicted molar refractivity (Wildman–Crippen MR) is 32.8 cm³/mol. The second-order valence-electron chi connectivity index (χ2n) is 1.68. The smallest absolute Gasteiger partial charge is 1.00 e. The van der Waals surface area contributed by atoms with E-state index in [1.807, 2.05) is 0 Å². The molecule has 0 spiro atoms. The van der Waals surface area contributed by atoms with Gasteiger partial charge in [-0.1, -0.05) is 19.8 Å². The minimum atomic E-state index is 0. The topological polar surface area (TPSA) is 0 Å². The summed E-state index contributed by atoms with van der Waals surface area (Å²) in [5.41, 5.74) is 0. The summed E-state index contributed by atoms with van der Waals surface area (Å²) in [6, 6.07) is 0. The van der Waals surface area contributed by atoms with Gasteiger partial charge in [-0.2, -0.15) is 6.42 Å². The van der Waals surface area contributed by atoms with Gasteiger partial charge >= 0.3 is 23.1 Å². The van der Waals surface area contributed by atoms with Gasteiger partial charge in [0.05, 0.1) is 0 Å². The quantitative estimate of drug-likeness (QED) is 0.389. The van der Waals surface area contributed by atoms with Crippen molar-refractivity contribution in [2.75, 3.05) is 0 Å². The van der Waals surface area contributed by atoms with Crippen LogP contribution in [0, 0.1) is 12.8 Å². The first-order valence-corrected chi connectivity index (χ1v) is 2.06. The van der Waals surface area contributed by atoms with E-state index in [-0.39, 0.29) is 47.6 Å². The van der Waals surface area contributed by atoms with E-state index in [9.17, 15) is 0 Å². The first kappa shape index (κ1) is 15.8. The van der Waals surface area contributed by atoms with Crippen LogP contribution in [0.25, 0.3) is 0 Å². The molecule has 40 valence electrons. The zero-order chi connectivity index (χ0) is 4.28. The minimum absolute atomic E-state index is 0. The van der Waals surface area contributed by atoms with Crippen LogP contribution in [0.1, 0.15) is 23.1 Å². The molecule has 0 heterocycles. The maximum absolute atomic E-state index is 3.69. The van der Waals surface area contributed by atoms with Crippen molar-refractivity contribution in [3.63, 3.8) is 0 Å². The molecule has 0 aliphatic carbocycles. The van der Waals surface area contributed by atoms with Gasteiger partial charge in [0.1, 0.15) is 0 Å². The molecule has 0 fully saturated rings. The fourth-order valence-corrected chi connectivity index (χ4v) is 0. The van der Waals surface area contributed by atoms with Crippen LogP contribution in [0.15, 0.2) is 0 Å². The van der Waals surface area contributed by atoms with Crippen molar-refractivity contribution >= 4 is 23.1 Å². The summed E-state index contributed by atoms with van der Waals surface area (Å²) < 4.78 is 0. The summed E-state index contributed by atoms with van der Waals surface area (Å²) in [6.45, 7) is 8.00. The van der Waals surface area contributed by atoms with Crippen LogP contribution in [0.2, 0.25) is 0 Å². The Balaban J connectivity index is -0.0000000133. The molecule has 0 aliphatic heterocycles. The van der Waals surface area contributed by atoms with Gasteiger partial charge in [0.15, 0.2) is 0 Å². The minimum Gasteiger partial charge on any atom is -1.00 e. The Morgan fingerprint density at radius 3 is 1.71 bits per heavy atom.